The van der Waals surface area contributed by atoms with Crippen LogP contribution in [-0.2, 0) is 4.74 Å². The van der Waals surface area contributed by atoms with Crippen LogP contribution in [0.3, 0.4) is 0 Å². The van der Waals surface area contributed by atoms with Gasteiger partial charge in [-0.1, -0.05) is 6.92 Å². The predicted molar refractivity (Wildman–Crippen MR) is 72.8 cm³/mol. The van der Waals surface area contributed by atoms with E-state index in [1.54, 1.807) is 18.2 Å². The maximum Gasteiger partial charge on any atom is 0.411 e. The summed E-state index contributed by atoms with van der Waals surface area (Å²) in [5.74, 6) is -0.137. The first-order chi connectivity index (χ1) is 8.58. The van der Waals surface area contributed by atoms with E-state index in [-0.39, 0.29) is 5.91 Å². The highest BCUT2D eigenvalue weighted by Gasteiger charge is 2.09. The van der Waals surface area contributed by atoms with Crippen LogP contribution in [0.25, 0.3) is 0 Å². The van der Waals surface area contributed by atoms with E-state index in [4.69, 9.17) is 0 Å². The summed E-state index contributed by atoms with van der Waals surface area (Å²) < 4.78 is 5.11. The van der Waals surface area contributed by atoms with Crippen molar-refractivity contribution in [1.82, 2.24) is 5.32 Å². The van der Waals surface area contributed by atoms with E-state index in [1.807, 2.05) is 6.92 Å². The van der Waals surface area contributed by atoms with Gasteiger partial charge in [-0.2, -0.15) is 0 Å². The van der Waals surface area contributed by atoms with Crippen molar-refractivity contribution in [3.63, 3.8) is 0 Å². The molecule has 1 aromatic carbocycles. The lowest BCUT2D eigenvalue weighted by molar-refractivity contribution is 0.0953. The van der Waals surface area contributed by atoms with Gasteiger partial charge in [0.2, 0.25) is 0 Å². The molecule has 6 heteroatoms. The molecule has 2 amide bonds. The summed E-state index contributed by atoms with van der Waals surface area (Å²) in [5, 5.41) is 5.30. The van der Waals surface area contributed by atoms with Crippen molar-refractivity contribution in [2.24, 2.45) is 0 Å². The minimum absolute atomic E-state index is 0.137. The fourth-order valence-corrected chi connectivity index (χ4v) is 1.74. The van der Waals surface area contributed by atoms with Gasteiger partial charge in [-0.25, -0.2) is 4.79 Å². The molecule has 0 aliphatic rings. The van der Waals surface area contributed by atoms with E-state index >= 15 is 0 Å². The standard InChI is InChI=1S/C12H15BrN2O3/c1-3-6-14-11(16)8-4-5-10(9(13)7-8)15-12(17)18-2/h4-5,7H,3,6H2,1-2H3,(H,14,16)(H,15,17). The molecule has 0 saturated heterocycles. The van der Waals surface area contributed by atoms with E-state index in [9.17, 15) is 9.59 Å². The van der Waals surface area contributed by atoms with Crippen LogP contribution in [0.15, 0.2) is 22.7 Å². The molecule has 0 spiro atoms. The summed E-state index contributed by atoms with van der Waals surface area (Å²) in [7, 11) is 1.29. The molecule has 1 rings (SSSR count). The third-order valence-corrected chi connectivity index (χ3v) is 2.85. The number of carbonyl (C=O) groups excluding carboxylic acids is 2. The number of hydrogen-bond acceptors (Lipinski definition) is 3. The van der Waals surface area contributed by atoms with Crippen LogP contribution in [0.5, 0.6) is 0 Å². The Labute approximate surface area is 114 Å². The van der Waals surface area contributed by atoms with Crippen LogP contribution in [0, 0.1) is 0 Å². The average Bonchev–Trinajstić information content (AvgIpc) is 2.38. The molecule has 5 nitrogen and oxygen atoms in total. The fourth-order valence-electron chi connectivity index (χ4n) is 1.26. The molecule has 0 fully saturated rings. The molecule has 18 heavy (non-hydrogen) atoms. The molecule has 0 bridgehead atoms. The Morgan fingerprint density at radius 3 is 2.67 bits per heavy atom. The Morgan fingerprint density at radius 2 is 2.11 bits per heavy atom. The van der Waals surface area contributed by atoms with Gasteiger partial charge in [0.05, 0.1) is 12.8 Å². The average molecular weight is 315 g/mol. The molecule has 0 atom stereocenters. The Balaban J connectivity index is 2.78. The largest absolute Gasteiger partial charge is 0.453 e. The maximum absolute atomic E-state index is 11.7. The number of ether oxygens (including phenoxy) is 1. The number of anilines is 1. The van der Waals surface area contributed by atoms with Crippen LogP contribution in [0.2, 0.25) is 0 Å². The highest BCUT2D eigenvalue weighted by atomic mass is 79.9. The van der Waals surface area contributed by atoms with Crippen LogP contribution < -0.4 is 10.6 Å². The molecule has 0 unspecified atom stereocenters. The highest BCUT2D eigenvalue weighted by molar-refractivity contribution is 9.10. The van der Waals surface area contributed by atoms with Crippen molar-refractivity contribution < 1.29 is 14.3 Å². The van der Waals surface area contributed by atoms with Gasteiger partial charge in [0, 0.05) is 16.6 Å². The Bertz CT molecular complexity index is 449. The summed E-state index contributed by atoms with van der Waals surface area (Å²) in [6, 6.07) is 4.93. The normalized spacial score (nSPS) is 9.72. The molecule has 2 N–H and O–H groups in total. The molecule has 0 radical (unpaired) electrons. The van der Waals surface area contributed by atoms with Crippen molar-refractivity contribution in [1.29, 1.82) is 0 Å². The number of benzene rings is 1. The van der Waals surface area contributed by atoms with Crippen molar-refractivity contribution in [2.75, 3.05) is 19.0 Å². The van der Waals surface area contributed by atoms with Crippen molar-refractivity contribution in [2.45, 2.75) is 13.3 Å². The molecule has 0 aromatic heterocycles. The maximum atomic E-state index is 11.7. The smallest absolute Gasteiger partial charge is 0.411 e. The number of rotatable bonds is 4. The summed E-state index contributed by atoms with van der Waals surface area (Å²) >= 11 is 3.29. The predicted octanol–water partition coefficient (Wildman–Crippen LogP) is 2.77. The van der Waals surface area contributed by atoms with Crippen molar-refractivity contribution in [3.05, 3.63) is 28.2 Å². The number of amides is 2. The minimum atomic E-state index is -0.557. The minimum Gasteiger partial charge on any atom is -0.453 e. The van der Waals surface area contributed by atoms with Gasteiger partial charge in [0.1, 0.15) is 0 Å². The Morgan fingerprint density at radius 1 is 1.39 bits per heavy atom. The quantitative estimate of drug-likeness (QED) is 0.898. The topological polar surface area (TPSA) is 67.4 Å². The summed E-state index contributed by atoms with van der Waals surface area (Å²) in [6.45, 7) is 2.62. The second-order valence-electron chi connectivity index (χ2n) is 3.57. The number of methoxy groups -OCH3 is 1. The molecule has 1 aromatic rings. The van der Waals surface area contributed by atoms with Gasteiger partial charge in [0.25, 0.3) is 5.91 Å². The van der Waals surface area contributed by atoms with Gasteiger partial charge in [0.15, 0.2) is 0 Å². The molecule has 0 heterocycles. The molecule has 0 saturated carbocycles. The summed E-state index contributed by atoms with van der Waals surface area (Å²) in [4.78, 5) is 22.8. The lowest BCUT2D eigenvalue weighted by Gasteiger charge is -2.08. The zero-order valence-electron chi connectivity index (χ0n) is 10.2. The van der Waals surface area contributed by atoms with Crippen LogP contribution in [0.4, 0.5) is 10.5 Å². The van der Waals surface area contributed by atoms with E-state index in [0.29, 0.717) is 22.3 Å². The zero-order chi connectivity index (χ0) is 13.5. The van der Waals surface area contributed by atoms with E-state index in [0.717, 1.165) is 6.42 Å². The summed E-state index contributed by atoms with van der Waals surface area (Å²) in [5.41, 5.74) is 1.08. The van der Waals surface area contributed by atoms with Gasteiger partial charge in [-0.15, -0.1) is 0 Å². The lowest BCUT2D eigenvalue weighted by Crippen LogP contribution is -2.24. The number of carbonyl (C=O) groups is 2. The van der Waals surface area contributed by atoms with E-state index in [2.05, 4.69) is 31.3 Å². The van der Waals surface area contributed by atoms with Gasteiger partial charge in [-0.3, -0.25) is 10.1 Å². The Hall–Kier alpha value is -1.56. The van der Waals surface area contributed by atoms with E-state index in [1.165, 1.54) is 7.11 Å². The van der Waals surface area contributed by atoms with Crippen LogP contribution >= 0.6 is 15.9 Å². The lowest BCUT2D eigenvalue weighted by atomic mass is 10.2. The third-order valence-electron chi connectivity index (χ3n) is 2.19. The number of halogens is 1. The number of nitrogens with one attached hydrogen (secondary N) is 2. The molecule has 98 valence electrons. The third kappa shape index (κ3) is 4.03. The SMILES string of the molecule is CCCNC(=O)c1ccc(NC(=O)OC)c(Br)c1. The van der Waals surface area contributed by atoms with Crippen LogP contribution in [0.1, 0.15) is 23.7 Å². The molecular formula is C12H15BrN2O3. The summed E-state index contributed by atoms with van der Waals surface area (Å²) in [6.07, 6.45) is 0.327. The van der Waals surface area contributed by atoms with Crippen LogP contribution in [-0.4, -0.2) is 25.7 Å². The molecule has 0 aliphatic heterocycles. The van der Waals surface area contributed by atoms with E-state index < -0.39 is 6.09 Å². The first-order valence-corrected chi connectivity index (χ1v) is 6.30. The highest BCUT2D eigenvalue weighted by Crippen LogP contribution is 2.23. The Kier molecular flexibility index (Phi) is 5.64. The number of hydrogen-bond donors (Lipinski definition) is 2. The second kappa shape index (κ2) is 7.00. The fraction of sp³-hybridized carbons (Fsp3) is 0.333. The van der Waals surface area contributed by atoms with Gasteiger partial charge >= 0.3 is 6.09 Å². The molecular weight excluding hydrogens is 300 g/mol. The van der Waals surface area contributed by atoms with Gasteiger partial charge < -0.3 is 10.1 Å². The van der Waals surface area contributed by atoms with Gasteiger partial charge in [-0.05, 0) is 40.5 Å². The molecule has 0 aliphatic carbocycles. The second-order valence-corrected chi connectivity index (χ2v) is 4.42. The zero-order valence-corrected chi connectivity index (χ0v) is 11.8. The first-order valence-electron chi connectivity index (χ1n) is 5.51. The first kappa shape index (κ1) is 14.5. The van der Waals surface area contributed by atoms with Crippen molar-refractivity contribution >= 4 is 33.6 Å². The monoisotopic (exact) mass is 314 g/mol. The van der Waals surface area contributed by atoms with Crippen molar-refractivity contribution in [3.8, 4) is 0 Å².